The van der Waals surface area contributed by atoms with Gasteiger partial charge in [-0.1, -0.05) is 17.7 Å². The van der Waals surface area contributed by atoms with Crippen molar-refractivity contribution in [3.8, 4) is 0 Å². The second-order valence-electron chi connectivity index (χ2n) is 4.29. The molecule has 1 atom stereocenters. The van der Waals surface area contributed by atoms with Crippen molar-refractivity contribution < 1.29 is 17.9 Å². The molecule has 0 saturated heterocycles. The SMILES string of the molecule is COC(=O)[C@@H](CCSC)NS(=O)(=O)c1ccc(C)cc1. The number of methoxy groups -OCH3 is 1. The maximum atomic E-state index is 12.2. The van der Waals surface area contributed by atoms with Crippen molar-refractivity contribution >= 4 is 27.8 Å². The lowest BCUT2D eigenvalue weighted by Gasteiger charge is -2.16. The van der Waals surface area contributed by atoms with Crippen molar-refractivity contribution in [3.63, 3.8) is 0 Å². The molecule has 0 aliphatic heterocycles. The van der Waals surface area contributed by atoms with E-state index in [4.69, 9.17) is 0 Å². The highest BCUT2D eigenvalue weighted by Gasteiger charge is 2.25. The van der Waals surface area contributed by atoms with Crippen molar-refractivity contribution in [1.82, 2.24) is 4.72 Å². The van der Waals surface area contributed by atoms with Crippen molar-refractivity contribution in [1.29, 1.82) is 0 Å². The second kappa shape index (κ2) is 7.66. The number of hydrogen-bond acceptors (Lipinski definition) is 5. The standard InChI is InChI=1S/C13H19NO4S2/c1-10-4-6-11(7-5-10)20(16,17)14-12(8-9-19-3)13(15)18-2/h4-7,12,14H,8-9H2,1-3H3/t12-/m1/s1. The molecule has 0 saturated carbocycles. The van der Waals surface area contributed by atoms with E-state index in [-0.39, 0.29) is 4.90 Å². The van der Waals surface area contributed by atoms with Crippen molar-refractivity contribution in [2.45, 2.75) is 24.3 Å². The summed E-state index contributed by atoms with van der Waals surface area (Å²) in [6.07, 6.45) is 2.28. The molecule has 0 aliphatic rings. The van der Waals surface area contributed by atoms with Gasteiger partial charge in [0.1, 0.15) is 6.04 Å². The third-order valence-electron chi connectivity index (χ3n) is 2.73. The predicted octanol–water partition coefficient (Wildman–Crippen LogP) is 1.57. The average Bonchev–Trinajstić information content (AvgIpc) is 2.43. The highest BCUT2D eigenvalue weighted by atomic mass is 32.2. The lowest BCUT2D eigenvalue weighted by Crippen LogP contribution is -2.41. The van der Waals surface area contributed by atoms with Crippen LogP contribution in [0.2, 0.25) is 0 Å². The molecule has 0 fully saturated rings. The lowest BCUT2D eigenvalue weighted by atomic mass is 10.2. The van der Waals surface area contributed by atoms with E-state index in [1.807, 2.05) is 13.2 Å². The highest BCUT2D eigenvalue weighted by Crippen LogP contribution is 2.12. The Morgan fingerprint density at radius 2 is 1.95 bits per heavy atom. The minimum atomic E-state index is -3.72. The van der Waals surface area contributed by atoms with Crippen molar-refractivity contribution in [3.05, 3.63) is 29.8 Å². The smallest absolute Gasteiger partial charge is 0.323 e. The largest absolute Gasteiger partial charge is 0.468 e. The number of esters is 1. The van der Waals surface area contributed by atoms with Crippen LogP contribution < -0.4 is 4.72 Å². The van der Waals surface area contributed by atoms with Crippen LogP contribution in [-0.4, -0.2) is 39.5 Å². The van der Waals surface area contributed by atoms with E-state index in [0.29, 0.717) is 12.2 Å². The van der Waals surface area contributed by atoms with E-state index in [1.54, 1.807) is 12.1 Å². The summed E-state index contributed by atoms with van der Waals surface area (Å²) in [5.74, 6) is 0.0886. The second-order valence-corrected chi connectivity index (χ2v) is 6.99. The van der Waals surface area contributed by atoms with Gasteiger partial charge < -0.3 is 4.74 Å². The number of hydrogen-bond donors (Lipinski definition) is 1. The van der Waals surface area contributed by atoms with Gasteiger partial charge in [-0.05, 0) is 37.5 Å². The van der Waals surface area contributed by atoms with E-state index < -0.39 is 22.0 Å². The molecular formula is C13H19NO4S2. The van der Waals surface area contributed by atoms with Gasteiger partial charge >= 0.3 is 5.97 Å². The van der Waals surface area contributed by atoms with Gasteiger partial charge in [-0.25, -0.2) is 8.42 Å². The molecule has 0 bridgehead atoms. The van der Waals surface area contributed by atoms with E-state index >= 15 is 0 Å². The molecule has 0 spiro atoms. The van der Waals surface area contributed by atoms with Crippen molar-refractivity contribution in [2.24, 2.45) is 0 Å². The van der Waals surface area contributed by atoms with Gasteiger partial charge in [0.05, 0.1) is 12.0 Å². The van der Waals surface area contributed by atoms with Crippen LogP contribution in [-0.2, 0) is 19.6 Å². The van der Waals surface area contributed by atoms with E-state index in [2.05, 4.69) is 9.46 Å². The number of sulfonamides is 1. The Balaban J connectivity index is 2.90. The van der Waals surface area contributed by atoms with Gasteiger partial charge in [-0.15, -0.1) is 0 Å². The van der Waals surface area contributed by atoms with Gasteiger partial charge in [0.2, 0.25) is 10.0 Å². The van der Waals surface area contributed by atoms with Crippen LogP contribution in [0.5, 0.6) is 0 Å². The fourth-order valence-electron chi connectivity index (χ4n) is 1.58. The summed E-state index contributed by atoms with van der Waals surface area (Å²) in [5, 5.41) is 0. The monoisotopic (exact) mass is 317 g/mol. The van der Waals surface area contributed by atoms with Crippen LogP contribution in [0.3, 0.4) is 0 Å². The Morgan fingerprint density at radius 1 is 1.35 bits per heavy atom. The molecule has 0 amide bonds. The normalized spacial score (nSPS) is 12.9. The fourth-order valence-corrected chi connectivity index (χ4v) is 3.27. The minimum Gasteiger partial charge on any atom is -0.468 e. The Kier molecular flexibility index (Phi) is 6.51. The van der Waals surface area contributed by atoms with E-state index in [0.717, 1.165) is 5.56 Å². The molecule has 1 rings (SSSR count). The number of carbonyl (C=O) groups excluding carboxylic acids is 1. The number of nitrogens with one attached hydrogen (secondary N) is 1. The number of ether oxygens (including phenoxy) is 1. The molecule has 5 nitrogen and oxygen atoms in total. The van der Waals surface area contributed by atoms with Gasteiger partial charge in [0.25, 0.3) is 0 Å². The average molecular weight is 317 g/mol. The third kappa shape index (κ3) is 4.81. The number of carbonyl (C=O) groups is 1. The highest BCUT2D eigenvalue weighted by molar-refractivity contribution is 7.98. The minimum absolute atomic E-state index is 0.140. The summed E-state index contributed by atoms with van der Waals surface area (Å²) in [5.41, 5.74) is 0.968. The molecule has 1 aromatic carbocycles. The van der Waals surface area contributed by atoms with Gasteiger partial charge in [-0.2, -0.15) is 16.5 Å². The van der Waals surface area contributed by atoms with Crippen LogP contribution >= 0.6 is 11.8 Å². The molecule has 0 radical (unpaired) electrons. The lowest BCUT2D eigenvalue weighted by molar-refractivity contribution is -0.142. The molecule has 0 aliphatic carbocycles. The van der Waals surface area contributed by atoms with Gasteiger partial charge in [0, 0.05) is 0 Å². The van der Waals surface area contributed by atoms with Crippen LogP contribution in [0.4, 0.5) is 0 Å². The topological polar surface area (TPSA) is 72.5 Å². The maximum Gasteiger partial charge on any atom is 0.323 e. The number of aryl methyl sites for hydroxylation is 1. The van der Waals surface area contributed by atoms with Crippen LogP contribution in [0.1, 0.15) is 12.0 Å². The van der Waals surface area contributed by atoms with Gasteiger partial charge in [0.15, 0.2) is 0 Å². The summed E-state index contributed by atoms with van der Waals surface area (Å²) < 4.78 is 31.5. The van der Waals surface area contributed by atoms with Crippen LogP contribution in [0.25, 0.3) is 0 Å². The Hall–Kier alpha value is -1.05. The van der Waals surface area contributed by atoms with Crippen LogP contribution in [0.15, 0.2) is 29.2 Å². The summed E-state index contributed by atoms with van der Waals surface area (Å²) in [6, 6.07) is 5.59. The first-order valence-electron chi connectivity index (χ1n) is 6.06. The number of benzene rings is 1. The molecule has 112 valence electrons. The summed E-state index contributed by atoms with van der Waals surface area (Å²) >= 11 is 1.54. The maximum absolute atomic E-state index is 12.2. The number of thioether (sulfide) groups is 1. The quantitative estimate of drug-likeness (QED) is 0.773. The Labute approximate surface area is 124 Å². The molecule has 7 heteroatoms. The van der Waals surface area contributed by atoms with E-state index in [9.17, 15) is 13.2 Å². The van der Waals surface area contributed by atoms with E-state index in [1.165, 1.54) is 31.0 Å². The molecule has 0 aromatic heterocycles. The first-order valence-corrected chi connectivity index (χ1v) is 8.94. The number of rotatable bonds is 7. The fraction of sp³-hybridized carbons (Fsp3) is 0.462. The summed E-state index contributed by atoms with van der Waals surface area (Å²) in [6.45, 7) is 1.87. The molecule has 20 heavy (non-hydrogen) atoms. The zero-order valence-electron chi connectivity index (χ0n) is 11.8. The van der Waals surface area contributed by atoms with Gasteiger partial charge in [-0.3, -0.25) is 4.79 Å². The predicted molar refractivity (Wildman–Crippen MR) is 80.3 cm³/mol. The Morgan fingerprint density at radius 3 is 2.45 bits per heavy atom. The summed E-state index contributed by atoms with van der Waals surface area (Å²) in [4.78, 5) is 11.8. The zero-order valence-corrected chi connectivity index (χ0v) is 13.4. The first-order chi connectivity index (χ1) is 9.40. The van der Waals surface area contributed by atoms with Crippen molar-refractivity contribution in [2.75, 3.05) is 19.1 Å². The molecule has 1 N–H and O–H groups in total. The molecular weight excluding hydrogens is 298 g/mol. The Bertz CT molecular complexity index is 540. The summed E-state index contributed by atoms with van der Waals surface area (Å²) in [7, 11) is -2.48. The van der Waals surface area contributed by atoms with Crippen LogP contribution in [0, 0.1) is 6.92 Å². The molecule has 0 heterocycles. The molecule has 0 unspecified atom stereocenters. The molecule has 1 aromatic rings. The first kappa shape index (κ1) is 17.0. The third-order valence-corrected chi connectivity index (χ3v) is 4.86. The zero-order chi connectivity index (χ0) is 15.2.